The van der Waals surface area contributed by atoms with E-state index in [-0.39, 0.29) is 0 Å². The Morgan fingerprint density at radius 1 is 1.00 bits per heavy atom. The molecule has 0 heterocycles. The van der Waals surface area contributed by atoms with Crippen molar-refractivity contribution in [3.8, 4) is 0 Å². The van der Waals surface area contributed by atoms with Crippen molar-refractivity contribution in [2.45, 2.75) is 51.9 Å². The van der Waals surface area contributed by atoms with Gasteiger partial charge in [0.25, 0.3) is 0 Å². The first-order chi connectivity index (χ1) is 6.41. The SMILES string of the molecule is CCCCCCCCC[O][SnH2][O][SnH3]. The van der Waals surface area contributed by atoms with E-state index in [1.807, 2.05) is 0 Å². The van der Waals surface area contributed by atoms with Crippen molar-refractivity contribution in [2.24, 2.45) is 0 Å². The first kappa shape index (κ1) is 14.5. The van der Waals surface area contributed by atoms with Gasteiger partial charge < -0.3 is 0 Å². The van der Waals surface area contributed by atoms with Crippen LogP contribution in [0.15, 0.2) is 0 Å². The third-order valence-electron chi connectivity index (χ3n) is 2.09. The summed E-state index contributed by atoms with van der Waals surface area (Å²) in [6.07, 6.45) is 9.58. The average molecular weight is 402 g/mol. The minimum atomic E-state index is -1.08. The molecular weight excluding hydrogens is 378 g/mol. The van der Waals surface area contributed by atoms with Crippen molar-refractivity contribution in [3.63, 3.8) is 0 Å². The van der Waals surface area contributed by atoms with Crippen LogP contribution in [0.25, 0.3) is 0 Å². The molecule has 0 N–H and O–H groups in total. The molecule has 0 bridgehead atoms. The molecule has 0 aliphatic rings. The normalized spacial score (nSPS) is 11.8. The van der Waals surface area contributed by atoms with E-state index in [2.05, 4.69) is 6.92 Å². The minimum absolute atomic E-state index is 0.431. The van der Waals surface area contributed by atoms with Crippen LogP contribution < -0.4 is 0 Å². The van der Waals surface area contributed by atoms with Crippen molar-refractivity contribution in [1.82, 2.24) is 0 Å². The Bertz CT molecular complexity index is 81.7. The van der Waals surface area contributed by atoms with Gasteiger partial charge in [-0.3, -0.25) is 0 Å². The van der Waals surface area contributed by atoms with Crippen LogP contribution in [-0.2, 0) is 4.49 Å². The van der Waals surface area contributed by atoms with Crippen LogP contribution >= 0.6 is 0 Å². The van der Waals surface area contributed by atoms with Crippen LogP contribution in [0, 0.1) is 0 Å². The summed E-state index contributed by atoms with van der Waals surface area (Å²) in [5.74, 6) is 0. The zero-order chi connectivity index (χ0) is 9.78. The fourth-order valence-corrected chi connectivity index (χ4v) is 5.89. The first-order valence-corrected chi connectivity index (χ1v) is 11.1. The van der Waals surface area contributed by atoms with Gasteiger partial charge >= 0.3 is 108 Å². The van der Waals surface area contributed by atoms with Crippen molar-refractivity contribution in [2.75, 3.05) is 6.61 Å². The van der Waals surface area contributed by atoms with E-state index in [0.717, 1.165) is 6.61 Å². The van der Waals surface area contributed by atoms with Crippen molar-refractivity contribution >= 4 is 44.9 Å². The van der Waals surface area contributed by atoms with Gasteiger partial charge in [0.05, 0.1) is 0 Å². The molecule has 0 aromatic carbocycles. The zero-order valence-corrected chi connectivity index (χ0v) is 18.9. The van der Waals surface area contributed by atoms with Crippen molar-refractivity contribution < 1.29 is 4.49 Å². The Morgan fingerprint density at radius 3 is 2.23 bits per heavy atom. The van der Waals surface area contributed by atoms with E-state index in [4.69, 9.17) is 4.49 Å². The van der Waals surface area contributed by atoms with Crippen LogP contribution in [0.3, 0.4) is 0 Å². The number of rotatable bonds is 10. The van der Waals surface area contributed by atoms with E-state index in [1.165, 1.54) is 44.9 Å². The number of unbranched alkanes of at least 4 members (excludes halogenated alkanes) is 6. The molecule has 0 aromatic rings. The van der Waals surface area contributed by atoms with Crippen LogP contribution in [0.1, 0.15) is 51.9 Å². The molecule has 0 aliphatic heterocycles. The summed E-state index contributed by atoms with van der Waals surface area (Å²) in [6.45, 7) is 3.24. The fourth-order valence-electron chi connectivity index (χ4n) is 1.30. The second-order valence-corrected chi connectivity index (χ2v) is 18.0. The van der Waals surface area contributed by atoms with Crippen LogP contribution in [0.5, 0.6) is 0 Å². The molecule has 0 saturated carbocycles. The van der Waals surface area contributed by atoms with Gasteiger partial charge in [-0.2, -0.15) is 0 Å². The van der Waals surface area contributed by atoms with Gasteiger partial charge in [0.2, 0.25) is 0 Å². The predicted molar refractivity (Wildman–Crippen MR) is 63.5 cm³/mol. The molecule has 0 aromatic heterocycles. The molecule has 4 heteroatoms. The molecule has 13 heavy (non-hydrogen) atoms. The summed E-state index contributed by atoms with van der Waals surface area (Å²) < 4.78 is 10.7. The third-order valence-corrected chi connectivity index (χ3v) is 8.58. The van der Waals surface area contributed by atoms with Gasteiger partial charge in [-0.25, -0.2) is 0 Å². The molecule has 0 rings (SSSR count). The van der Waals surface area contributed by atoms with Crippen molar-refractivity contribution in [1.29, 1.82) is 0 Å². The zero-order valence-electron chi connectivity index (χ0n) is 9.18. The summed E-state index contributed by atoms with van der Waals surface area (Å²) in [5, 5.41) is 0. The molecule has 0 unspecified atom stereocenters. The summed E-state index contributed by atoms with van der Waals surface area (Å²) in [4.78, 5) is 0. The van der Waals surface area contributed by atoms with Crippen molar-refractivity contribution in [3.05, 3.63) is 0 Å². The van der Waals surface area contributed by atoms with Crippen LogP contribution in [0.4, 0.5) is 0 Å². The molecule has 0 fully saturated rings. The summed E-state index contributed by atoms with van der Waals surface area (Å²) in [5.41, 5.74) is 0. The Balaban J connectivity index is 2.76. The standard InChI is InChI=1S/C9H19O.O.2Sn.5H/c1-2-3-4-5-6-7-8-9-10;;;;;;;;/h2-9H2,1H3;;;;;;;;/q-1;;;+1;;;;;. The molecule has 80 valence electrons. The van der Waals surface area contributed by atoms with Gasteiger partial charge in [-0.1, -0.05) is 0 Å². The van der Waals surface area contributed by atoms with E-state index in [0.29, 0.717) is 22.9 Å². The summed E-state index contributed by atoms with van der Waals surface area (Å²) in [6, 6.07) is 0. The summed E-state index contributed by atoms with van der Waals surface area (Å²) >= 11 is -0.647. The maximum absolute atomic E-state index is 5.45. The van der Waals surface area contributed by atoms with Crippen LogP contribution in [0.2, 0.25) is 0 Å². The predicted octanol–water partition coefficient (Wildman–Crippen LogP) is 1.05. The molecular formula is C9H24O2Sn2. The molecule has 0 amide bonds. The number of hydrogen-bond acceptors (Lipinski definition) is 2. The van der Waals surface area contributed by atoms with E-state index in [1.54, 1.807) is 0 Å². The van der Waals surface area contributed by atoms with Crippen LogP contribution in [-0.4, -0.2) is 51.5 Å². The first-order valence-electron chi connectivity index (χ1n) is 5.48. The molecule has 0 atom stereocenters. The van der Waals surface area contributed by atoms with Gasteiger partial charge in [0, 0.05) is 0 Å². The molecule has 0 radical (unpaired) electrons. The second-order valence-electron chi connectivity index (χ2n) is 3.44. The summed E-state index contributed by atoms with van der Waals surface area (Å²) in [7, 11) is 0. The van der Waals surface area contributed by atoms with E-state index >= 15 is 0 Å². The molecule has 0 saturated heterocycles. The Hall–Kier alpha value is 1.52. The molecule has 0 spiro atoms. The average Bonchev–Trinajstić information content (AvgIpc) is 2.16. The van der Waals surface area contributed by atoms with Gasteiger partial charge in [0.1, 0.15) is 0 Å². The fraction of sp³-hybridized carbons (Fsp3) is 1.00. The topological polar surface area (TPSA) is 18.5 Å². The monoisotopic (exact) mass is 404 g/mol. The molecule has 2 nitrogen and oxygen atoms in total. The Morgan fingerprint density at radius 2 is 1.62 bits per heavy atom. The number of hydrogen-bond donors (Lipinski definition) is 0. The quantitative estimate of drug-likeness (QED) is 0.402. The van der Waals surface area contributed by atoms with Gasteiger partial charge in [0.15, 0.2) is 0 Å². The van der Waals surface area contributed by atoms with Gasteiger partial charge in [-0.05, 0) is 0 Å². The van der Waals surface area contributed by atoms with E-state index in [9.17, 15) is 0 Å². The third kappa shape index (κ3) is 13.5. The molecule has 0 aliphatic carbocycles. The second kappa shape index (κ2) is 13.5. The Kier molecular flexibility index (Phi) is 15.1. The maximum atomic E-state index is 5.45. The van der Waals surface area contributed by atoms with E-state index < -0.39 is 22.0 Å². The van der Waals surface area contributed by atoms with Gasteiger partial charge in [-0.15, -0.1) is 0 Å². The Labute approximate surface area is 107 Å².